The van der Waals surface area contributed by atoms with Crippen LogP contribution in [0.15, 0.2) is 17.5 Å². The fraction of sp³-hybridized carbons (Fsp3) is 0.500. The van der Waals surface area contributed by atoms with Crippen molar-refractivity contribution < 1.29 is 14.7 Å². The van der Waals surface area contributed by atoms with Crippen molar-refractivity contribution >= 4 is 23.2 Å². The summed E-state index contributed by atoms with van der Waals surface area (Å²) < 4.78 is 0. The number of carbonyl (C=O) groups excluding carboxylic acids is 1. The smallest absolute Gasteiger partial charge is 0.323 e. The van der Waals surface area contributed by atoms with Gasteiger partial charge in [-0.15, -0.1) is 11.3 Å². The molecule has 1 fully saturated rings. The molecule has 1 aromatic rings. The van der Waals surface area contributed by atoms with Gasteiger partial charge in [-0.25, -0.2) is 0 Å². The van der Waals surface area contributed by atoms with Crippen LogP contribution in [0.4, 0.5) is 0 Å². The normalized spacial score (nSPS) is 14.6. The zero-order valence-corrected chi connectivity index (χ0v) is 10.3. The second-order valence-electron chi connectivity index (χ2n) is 4.23. The van der Waals surface area contributed by atoms with Gasteiger partial charge in [-0.05, 0) is 30.7 Å². The van der Waals surface area contributed by atoms with E-state index in [2.05, 4.69) is 0 Å². The van der Waals surface area contributed by atoms with Crippen LogP contribution in [0, 0.1) is 0 Å². The third kappa shape index (κ3) is 3.56. The Hall–Kier alpha value is -1.36. The minimum absolute atomic E-state index is 0.0386. The van der Waals surface area contributed by atoms with E-state index in [0.717, 1.165) is 12.8 Å². The van der Waals surface area contributed by atoms with E-state index in [4.69, 9.17) is 5.11 Å². The fourth-order valence-corrected chi connectivity index (χ4v) is 2.49. The van der Waals surface area contributed by atoms with Crippen molar-refractivity contribution in [3.05, 3.63) is 22.4 Å². The summed E-state index contributed by atoms with van der Waals surface area (Å²) in [6.45, 7) is -0.159. The maximum Gasteiger partial charge on any atom is 0.323 e. The number of nitrogens with zero attached hydrogens (tertiary/aromatic N) is 1. The van der Waals surface area contributed by atoms with Gasteiger partial charge in [0.2, 0.25) is 5.91 Å². The van der Waals surface area contributed by atoms with Crippen LogP contribution in [-0.4, -0.2) is 34.5 Å². The number of carbonyl (C=O) groups is 2. The largest absolute Gasteiger partial charge is 0.480 e. The molecule has 1 amide bonds. The molecule has 1 aliphatic rings. The van der Waals surface area contributed by atoms with Crippen molar-refractivity contribution in [3.63, 3.8) is 0 Å². The second-order valence-corrected chi connectivity index (χ2v) is 5.26. The summed E-state index contributed by atoms with van der Waals surface area (Å²) in [5, 5.41) is 10.8. The molecule has 0 radical (unpaired) electrons. The van der Waals surface area contributed by atoms with Crippen molar-refractivity contribution in [1.82, 2.24) is 4.90 Å². The Morgan fingerprint density at radius 2 is 2.24 bits per heavy atom. The molecular formula is C12H15NO3S. The number of hydrogen-bond acceptors (Lipinski definition) is 3. The molecule has 17 heavy (non-hydrogen) atoms. The highest BCUT2D eigenvalue weighted by atomic mass is 32.1. The monoisotopic (exact) mass is 253 g/mol. The van der Waals surface area contributed by atoms with E-state index in [1.807, 2.05) is 17.5 Å². The average molecular weight is 253 g/mol. The molecule has 0 spiro atoms. The summed E-state index contributed by atoms with van der Waals surface area (Å²) in [5.74, 6) is -0.968. The van der Waals surface area contributed by atoms with Crippen LogP contribution in [0.3, 0.4) is 0 Å². The van der Waals surface area contributed by atoms with Gasteiger partial charge in [-0.3, -0.25) is 9.59 Å². The van der Waals surface area contributed by atoms with Gasteiger partial charge in [0.1, 0.15) is 6.54 Å². The lowest BCUT2D eigenvalue weighted by atomic mass is 10.2. The molecule has 92 valence electrons. The molecule has 5 heteroatoms. The van der Waals surface area contributed by atoms with E-state index in [-0.39, 0.29) is 18.5 Å². The standard InChI is InChI=1S/C12H15NO3S/c14-11(6-5-10-2-1-7-17-10)13(8-12(15)16)9-3-4-9/h1-2,7,9H,3-6,8H2,(H,15,16). The lowest BCUT2D eigenvalue weighted by Gasteiger charge is -2.19. The Kier molecular flexibility index (Phi) is 3.78. The minimum Gasteiger partial charge on any atom is -0.480 e. The number of aryl methyl sites for hydroxylation is 1. The lowest BCUT2D eigenvalue weighted by molar-refractivity contribution is -0.144. The zero-order valence-electron chi connectivity index (χ0n) is 9.46. The summed E-state index contributed by atoms with van der Waals surface area (Å²) in [6, 6.07) is 4.12. The third-order valence-corrected chi connectivity index (χ3v) is 3.72. The summed E-state index contributed by atoms with van der Waals surface area (Å²) in [7, 11) is 0. The van der Waals surface area contributed by atoms with Crippen LogP contribution in [0.2, 0.25) is 0 Å². The molecule has 1 aliphatic carbocycles. The van der Waals surface area contributed by atoms with Gasteiger partial charge in [-0.2, -0.15) is 0 Å². The van der Waals surface area contributed by atoms with E-state index < -0.39 is 5.97 Å². The highest BCUT2D eigenvalue weighted by molar-refractivity contribution is 7.09. The van der Waals surface area contributed by atoms with Crippen molar-refractivity contribution in [2.24, 2.45) is 0 Å². The summed E-state index contributed by atoms with van der Waals surface area (Å²) >= 11 is 1.63. The Morgan fingerprint density at radius 3 is 2.76 bits per heavy atom. The zero-order chi connectivity index (χ0) is 12.3. The molecule has 0 bridgehead atoms. The number of amides is 1. The molecule has 1 heterocycles. The molecular weight excluding hydrogens is 238 g/mol. The third-order valence-electron chi connectivity index (χ3n) is 2.78. The number of thiophene rings is 1. The van der Waals surface area contributed by atoms with Gasteiger partial charge in [-0.1, -0.05) is 6.07 Å². The molecule has 4 nitrogen and oxygen atoms in total. The molecule has 1 aromatic heterocycles. The highest BCUT2D eigenvalue weighted by Crippen LogP contribution is 2.27. The van der Waals surface area contributed by atoms with Crippen LogP contribution in [0.25, 0.3) is 0 Å². The Morgan fingerprint density at radius 1 is 1.47 bits per heavy atom. The maximum absolute atomic E-state index is 11.9. The second kappa shape index (κ2) is 5.31. The van der Waals surface area contributed by atoms with Crippen LogP contribution in [0.5, 0.6) is 0 Å². The SMILES string of the molecule is O=C(O)CN(C(=O)CCc1cccs1)C1CC1. The van der Waals surface area contributed by atoms with Crippen molar-refractivity contribution in [2.45, 2.75) is 31.7 Å². The first-order valence-corrected chi connectivity index (χ1v) is 6.58. The van der Waals surface area contributed by atoms with E-state index in [1.165, 1.54) is 9.78 Å². The number of hydrogen-bond donors (Lipinski definition) is 1. The number of carboxylic acids is 1. The first-order chi connectivity index (χ1) is 8.16. The predicted molar refractivity (Wildman–Crippen MR) is 65.0 cm³/mol. The summed E-state index contributed by atoms with van der Waals surface area (Å²) in [6.07, 6.45) is 3.00. The molecule has 0 aromatic carbocycles. The number of carboxylic acid groups (broad SMARTS) is 1. The number of rotatable bonds is 6. The molecule has 2 rings (SSSR count). The van der Waals surface area contributed by atoms with E-state index >= 15 is 0 Å². The Labute approximate surface area is 104 Å². The summed E-state index contributed by atoms with van der Waals surface area (Å²) in [4.78, 5) is 25.3. The topological polar surface area (TPSA) is 57.6 Å². The van der Waals surface area contributed by atoms with Gasteiger partial charge < -0.3 is 10.0 Å². The van der Waals surface area contributed by atoms with E-state index in [1.54, 1.807) is 11.3 Å². The van der Waals surface area contributed by atoms with Gasteiger partial charge >= 0.3 is 5.97 Å². The van der Waals surface area contributed by atoms with E-state index in [0.29, 0.717) is 12.8 Å². The summed E-state index contributed by atoms with van der Waals surface area (Å²) in [5.41, 5.74) is 0. The van der Waals surface area contributed by atoms with Gasteiger partial charge in [0.15, 0.2) is 0 Å². The van der Waals surface area contributed by atoms with Crippen LogP contribution < -0.4 is 0 Å². The first kappa shape index (κ1) is 12.1. The molecule has 1 N–H and O–H groups in total. The van der Waals surface area contributed by atoms with Crippen LogP contribution in [0.1, 0.15) is 24.1 Å². The highest BCUT2D eigenvalue weighted by Gasteiger charge is 2.33. The fourth-order valence-electron chi connectivity index (χ4n) is 1.78. The molecule has 0 atom stereocenters. The van der Waals surface area contributed by atoms with Gasteiger partial charge in [0, 0.05) is 17.3 Å². The quantitative estimate of drug-likeness (QED) is 0.840. The Balaban J connectivity index is 1.85. The van der Waals surface area contributed by atoms with Crippen LogP contribution in [-0.2, 0) is 16.0 Å². The first-order valence-electron chi connectivity index (χ1n) is 5.70. The van der Waals surface area contributed by atoms with Gasteiger partial charge in [0.25, 0.3) is 0 Å². The lowest BCUT2D eigenvalue weighted by Crippen LogP contribution is -2.37. The van der Waals surface area contributed by atoms with E-state index in [9.17, 15) is 9.59 Å². The molecule has 0 aliphatic heterocycles. The minimum atomic E-state index is -0.929. The van der Waals surface area contributed by atoms with Crippen molar-refractivity contribution in [2.75, 3.05) is 6.54 Å². The molecule has 0 unspecified atom stereocenters. The Bertz CT molecular complexity index is 398. The van der Waals surface area contributed by atoms with Crippen LogP contribution >= 0.6 is 11.3 Å². The average Bonchev–Trinajstić information content (AvgIpc) is 2.99. The number of aliphatic carboxylic acids is 1. The van der Waals surface area contributed by atoms with Gasteiger partial charge in [0.05, 0.1) is 0 Å². The van der Waals surface area contributed by atoms with Crippen molar-refractivity contribution in [1.29, 1.82) is 0 Å². The molecule has 1 saturated carbocycles. The maximum atomic E-state index is 11.9. The van der Waals surface area contributed by atoms with Crippen molar-refractivity contribution in [3.8, 4) is 0 Å². The predicted octanol–water partition coefficient (Wildman–Crippen LogP) is 1.76. The molecule has 0 saturated heterocycles.